The summed E-state index contributed by atoms with van der Waals surface area (Å²) in [4.78, 5) is 0.274. The first-order valence-corrected chi connectivity index (χ1v) is 6.86. The van der Waals surface area contributed by atoms with Crippen molar-refractivity contribution >= 4 is 15.7 Å². The normalized spacial score (nSPS) is 12.1. The third-order valence-electron chi connectivity index (χ3n) is 1.91. The number of anilines is 1. The van der Waals surface area contributed by atoms with E-state index in [-0.39, 0.29) is 10.9 Å². The fraction of sp³-hybridized carbons (Fsp3) is 0.455. The summed E-state index contributed by atoms with van der Waals surface area (Å²) in [6.45, 7) is 3.58. The maximum Gasteiger partial charge on any atom is 0.240 e. The van der Waals surface area contributed by atoms with Gasteiger partial charge in [0.25, 0.3) is 0 Å². The van der Waals surface area contributed by atoms with Gasteiger partial charge in [-0.3, -0.25) is 0 Å². The van der Waals surface area contributed by atoms with Gasteiger partial charge < -0.3 is 5.43 Å². The van der Waals surface area contributed by atoms with Crippen molar-refractivity contribution in [3.8, 4) is 0 Å². The Morgan fingerprint density at radius 1 is 1.12 bits per heavy atom. The molecule has 0 aromatic heterocycles. The van der Waals surface area contributed by atoms with Crippen LogP contribution in [-0.4, -0.2) is 33.6 Å². The molecule has 2 N–H and O–H groups in total. The Bertz CT molecular complexity index is 452. The molecule has 0 atom stereocenters. The van der Waals surface area contributed by atoms with Crippen molar-refractivity contribution in [1.82, 2.24) is 9.73 Å². The lowest BCUT2D eigenvalue weighted by molar-refractivity contribution is 0.495. The lowest BCUT2D eigenvalue weighted by Gasteiger charge is -2.14. The van der Waals surface area contributed by atoms with Gasteiger partial charge in [0.2, 0.25) is 10.0 Å². The molecule has 0 radical (unpaired) electrons. The van der Waals surface area contributed by atoms with Crippen LogP contribution in [0.2, 0.25) is 0 Å². The van der Waals surface area contributed by atoms with E-state index in [1.807, 2.05) is 14.1 Å². The van der Waals surface area contributed by atoms with Gasteiger partial charge in [-0.1, -0.05) is 0 Å². The molecule has 0 saturated heterocycles. The van der Waals surface area contributed by atoms with Crippen LogP contribution in [-0.2, 0) is 10.0 Å². The zero-order valence-corrected chi connectivity index (χ0v) is 11.4. The maximum absolute atomic E-state index is 11.8. The molecule has 1 aromatic rings. The topological polar surface area (TPSA) is 61.4 Å². The first-order chi connectivity index (χ1) is 7.81. The van der Waals surface area contributed by atoms with E-state index in [1.165, 1.54) is 0 Å². The maximum atomic E-state index is 11.8. The quantitative estimate of drug-likeness (QED) is 0.780. The Labute approximate surface area is 103 Å². The van der Waals surface area contributed by atoms with Crippen LogP contribution in [0.1, 0.15) is 13.8 Å². The smallest absolute Gasteiger partial charge is 0.240 e. The zero-order chi connectivity index (χ0) is 13.1. The molecule has 0 heterocycles. The highest BCUT2D eigenvalue weighted by Gasteiger charge is 2.14. The molecule has 6 heteroatoms. The highest BCUT2D eigenvalue weighted by Crippen LogP contribution is 2.14. The summed E-state index contributed by atoms with van der Waals surface area (Å²) in [6.07, 6.45) is 0. The van der Waals surface area contributed by atoms with Crippen LogP contribution >= 0.6 is 0 Å². The Hall–Kier alpha value is -1.11. The van der Waals surface area contributed by atoms with Gasteiger partial charge >= 0.3 is 0 Å². The zero-order valence-electron chi connectivity index (χ0n) is 10.6. The van der Waals surface area contributed by atoms with E-state index in [2.05, 4.69) is 10.1 Å². The van der Waals surface area contributed by atoms with Crippen molar-refractivity contribution in [3.63, 3.8) is 0 Å². The number of sulfonamides is 1. The molecule has 0 bridgehead atoms. The first-order valence-electron chi connectivity index (χ1n) is 5.37. The van der Waals surface area contributed by atoms with Gasteiger partial charge in [-0.05, 0) is 38.1 Å². The SMILES string of the molecule is CC(C)NS(=O)(=O)c1ccc(NN(C)C)cc1. The number of hydrazine groups is 1. The van der Waals surface area contributed by atoms with Gasteiger partial charge in [-0.2, -0.15) is 0 Å². The van der Waals surface area contributed by atoms with Crippen molar-refractivity contribution < 1.29 is 8.42 Å². The summed E-state index contributed by atoms with van der Waals surface area (Å²) < 4.78 is 26.2. The second kappa shape index (κ2) is 5.48. The average Bonchev–Trinajstić information content (AvgIpc) is 2.15. The monoisotopic (exact) mass is 257 g/mol. The third kappa shape index (κ3) is 4.33. The van der Waals surface area contributed by atoms with Crippen LogP contribution in [0.25, 0.3) is 0 Å². The lowest BCUT2D eigenvalue weighted by Crippen LogP contribution is -2.30. The summed E-state index contributed by atoms with van der Waals surface area (Å²) in [5.74, 6) is 0. The number of rotatable bonds is 5. The second-order valence-electron chi connectivity index (χ2n) is 4.31. The van der Waals surface area contributed by atoms with E-state index in [1.54, 1.807) is 43.1 Å². The summed E-state index contributed by atoms with van der Waals surface area (Å²) >= 11 is 0. The molecular weight excluding hydrogens is 238 g/mol. The Morgan fingerprint density at radius 3 is 2.06 bits per heavy atom. The van der Waals surface area contributed by atoms with Crippen molar-refractivity contribution in [2.45, 2.75) is 24.8 Å². The van der Waals surface area contributed by atoms with Crippen LogP contribution in [0.3, 0.4) is 0 Å². The molecule has 0 aliphatic rings. The fourth-order valence-corrected chi connectivity index (χ4v) is 2.60. The van der Waals surface area contributed by atoms with E-state index in [0.29, 0.717) is 0 Å². The molecule has 0 aliphatic heterocycles. The van der Waals surface area contributed by atoms with Gasteiger partial charge in [0.15, 0.2) is 0 Å². The Balaban J connectivity index is 2.87. The van der Waals surface area contributed by atoms with Gasteiger partial charge in [-0.25, -0.2) is 18.1 Å². The summed E-state index contributed by atoms with van der Waals surface area (Å²) in [5, 5.41) is 1.79. The second-order valence-corrected chi connectivity index (χ2v) is 6.02. The highest BCUT2D eigenvalue weighted by atomic mass is 32.2. The lowest BCUT2D eigenvalue weighted by atomic mass is 10.3. The number of nitrogens with zero attached hydrogens (tertiary/aromatic N) is 1. The van der Waals surface area contributed by atoms with Crippen LogP contribution in [0, 0.1) is 0 Å². The largest absolute Gasteiger partial charge is 0.319 e. The predicted molar refractivity (Wildman–Crippen MR) is 69.2 cm³/mol. The molecule has 96 valence electrons. The number of hydrogen-bond acceptors (Lipinski definition) is 4. The molecule has 5 nitrogen and oxygen atoms in total. The Morgan fingerprint density at radius 2 is 1.65 bits per heavy atom. The van der Waals surface area contributed by atoms with Gasteiger partial charge in [0.1, 0.15) is 0 Å². The van der Waals surface area contributed by atoms with E-state index >= 15 is 0 Å². The molecule has 0 amide bonds. The summed E-state index contributed by atoms with van der Waals surface area (Å²) in [7, 11) is 0.336. The summed E-state index contributed by atoms with van der Waals surface area (Å²) in [5.41, 5.74) is 3.89. The molecule has 0 aliphatic carbocycles. The predicted octanol–water partition coefficient (Wildman–Crippen LogP) is 1.26. The van der Waals surface area contributed by atoms with Crippen LogP contribution < -0.4 is 10.1 Å². The van der Waals surface area contributed by atoms with Crippen LogP contribution in [0.15, 0.2) is 29.2 Å². The molecular formula is C11H19N3O2S. The van der Waals surface area contributed by atoms with Gasteiger partial charge in [0.05, 0.1) is 4.90 Å². The van der Waals surface area contributed by atoms with Crippen molar-refractivity contribution in [3.05, 3.63) is 24.3 Å². The van der Waals surface area contributed by atoms with Crippen molar-refractivity contribution in [2.75, 3.05) is 19.5 Å². The number of nitrogens with one attached hydrogen (secondary N) is 2. The molecule has 17 heavy (non-hydrogen) atoms. The van der Waals surface area contributed by atoms with Crippen LogP contribution in [0.4, 0.5) is 5.69 Å². The molecule has 0 saturated carbocycles. The van der Waals surface area contributed by atoms with E-state index < -0.39 is 10.0 Å². The molecule has 0 unspecified atom stereocenters. The van der Waals surface area contributed by atoms with E-state index in [9.17, 15) is 8.42 Å². The van der Waals surface area contributed by atoms with Crippen molar-refractivity contribution in [2.24, 2.45) is 0 Å². The standard InChI is InChI=1S/C11H19N3O2S/c1-9(2)13-17(15,16)11-7-5-10(6-8-11)12-14(3)4/h5-9,12-13H,1-4H3. The highest BCUT2D eigenvalue weighted by molar-refractivity contribution is 7.89. The van der Waals surface area contributed by atoms with E-state index in [0.717, 1.165) is 5.69 Å². The molecule has 0 fully saturated rings. The minimum absolute atomic E-state index is 0.112. The summed E-state index contributed by atoms with van der Waals surface area (Å²) in [6, 6.07) is 6.51. The molecule has 1 aromatic carbocycles. The molecule has 0 spiro atoms. The third-order valence-corrected chi connectivity index (χ3v) is 3.58. The minimum atomic E-state index is -3.40. The first kappa shape index (κ1) is 14.0. The van der Waals surface area contributed by atoms with Crippen molar-refractivity contribution in [1.29, 1.82) is 0 Å². The number of hydrogen-bond donors (Lipinski definition) is 2. The Kier molecular flexibility index (Phi) is 4.50. The average molecular weight is 257 g/mol. The molecule has 1 rings (SSSR count). The van der Waals surface area contributed by atoms with Gasteiger partial charge in [0, 0.05) is 25.8 Å². The van der Waals surface area contributed by atoms with Crippen LogP contribution in [0.5, 0.6) is 0 Å². The fourth-order valence-electron chi connectivity index (χ4n) is 1.35. The van der Waals surface area contributed by atoms with E-state index in [4.69, 9.17) is 0 Å². The minimum Gasteiger partial charge on any atom is -0.319 e. The van der Waals surface area contributed by atoms with Gasteiger partial charge in [-0.15, -0.1) is 0 Å². The number of benzene rings is 1.